The van der Waals surface area contributed by atoms with E-state index in [9.17, 15) is 9.59 Å². The molecule has 0 unspecified atom stereocenters. The number of hydrogen-bond donors (Lipinski definition) is 2. The molecule has 7 heteroatoms. The third-order valence-corrected chi connectivity index (χ3v) is 2.78. The van der Waals surface area contributed by atoms with Gasteiger partial charge < -0.3 is 25.0 Å². The summed E-state index contributed by atoms with van der Waals surface area (Å²) in [7, 11) is 1.62. The fourth-order valence-corrected chi connectivity index (χ4v) is 1.71. The van der Waals surface area contributed by atoms with E-state index in [0.717, 1.165) is 13.1 Å². The lowest BCUT2D eigenvalue weighted by molar-refractivity contribution is -0.146. The highest BCUT2D eigenvalue weighted by Gasteiger charge is 2.22. The maximum atomic E-state index is 11.7. The Bertz CT molecular complexity index is 280. The van der Waals surface area contributed by atoms with Crippen molar-refractivity contribution in [1.82, 2.24) is 15.5 Å². The summed E-state index contributed by atoms with van der Waals surface area (Å²) in [5.41, 5.74) is 0. The number of nitrogens with one attached hydrogen (secondary N) is 2. The molecule has 0 aromatic carbocycles. The second kappa shape index (κ2) is 9.71. The van der Waals surface area contributed by atoms with E-state index >= 15 is 0 Å². The lowest BCUT2D eigenvalue weighted by atomic mass is 10.3. The van der Waals surface area contributed by atoms with Gasteiger partial charge in [0.25, 0.3) is 0 Å². The van der Waals surface area contributed by atoms with E-state index in [1.165, 1.54) is 0 Å². The molecule has 0 spiro atoms. The summed E-state index contributed by atoms with van der Waals surface area (Å²) in [6.07, 6.45) is 0.685. The molecule has 0 aromatic rings. The molecule has 1 saturated heterocycles. The lowest BCUT2D eigenvalue weighted by Crippen LogP contribution is -2.51. The van der Waals surface area contributed by atoms with Crippen molar-refractivity contribution in [3.05, 3.63) is 0 Å². The summed E-state index contributed by atoms with van der Waals surface area (Å²) in [4.78, 5) is 24.9. The predicted molar refractivity (Wildman–Crippen MR) is 69.8 cm³/mol. The van der Waals surface area contributed by atoms with Crippen molar-refractivity contribution in [2.75, 3.05) is 59.7 Å². The number of nitrogens with zero attached hydrogens (tertiary/aromatic N) is 1. The first-order valence-electron chi connectivity index (χ1n) is 6.60. The molecule has 0 bridgehead atoms. The Morgan fingerprint density at radius 2 is 1.95 bits per heavy atom. The van der Waals surface area contributed by atoms with Gasteiger partial charge in [-0.15, -0.1) is 0 Å². The molecule has 19 heavy (non-hydrogen) atoms. The Balaban J connectivity index is 2.04. The molecule has 0 saturated carbocycles. The fourth-order valence-electron chi connectivity index (χ4n) is 1.71. The molecule has 1 fully saturated rings. The molecule has 2 N–H and O–H groups in total. The number of ether oxygens (including phenoxy) is 2. The third-order valence-electron chi connectivity index (χ3n) is 2.78. The highest BCUT2D eigenvalue weighted by atomic mass is 16.5. The van der Waals surface area contributed by atoms with Crippen molar-refractivity contribution >= 4 is 11.8 Å². The zero-order valence-corrected chi connectivity index (χ0v) is 11.4. The minimum Gasteiger partial charge on any atom is -0.382 e. The topological polar surface area (TPSA) is 79.9 Å². The van der Waals surface area contributed by atoms with Crippen LogP contribution in [0.3, 0.4) is 0 Å². The molecular formula is C12H23N3O4. The third kappa shape index (κ3) is 6.51. The molecule has 0 aliphatic carbocycles. The van der Waals surface area contributed by atoms with Gasteiger partial charge in [-0.05, 0) is 6.42 Å². The maximum Gasteiger partial charge on any atom is 0.311 e. The number of carbonyl (C=O) groups excluding carboxylic acids is 2. The molecule has 0 atom stereocenters. The number of amides is 2. The van der Waals surface area contributed by atoms with Crippen LogP contribution in [0.2, 0.25) is 0 Å². The Labute approximate surface area is 113 Å². The first-order valence-corrected chi connectivity index (χ1v) is 6.60. The maximum absolute atomic E-state index is 11.7. The molecule has 2 amide bonds. The Morgan fingerprint density at radius 3 is 2.63 bits per heavy atom. The molecule has 1 heterocycles. The molecule has 0 radical (unpaired) electrons. The van der Waals surface area contributed by atoms with Gasteiger partial charge in [-0.3, -0.25) is 9.59 Å². The van der Waals surface area contributed by atoms with E-state index in [1.54, 1.807) is 12.0 Å². The van der Waals surface area contributed by atoms with Gasteiger partial charge in [0.05, 0.1) is 13.2 Å². The summed E-state index contributed by atoms with van der Waals surface area (Å²) in [6.45, 7) is 4.77. The second-order valence-electron chi connectivity index (χ2n) is 4.26. The van der Waals surface area contributed by atoms with E-state index in [2.05, 4.69) is 10.6 Å². The van der Waals surface area contributed by atoms with Crippen LogP contribution in [0, 0.1) is 0 Å². The van der Waals surface area contributed by atoms with Crippen LogP contribution in [-0.2, 0) is 19.1 Å². The monoisotopic (exact) mass is 273 g/mol. The molecule has 1 rings (SSSR count). The number of rotatable bonds is 7. The molecular weight excluding hydrogens is 250 g/mol. The molecule has 1 aliphatic heterocycles. The van der Waals surface area contributed by atoms with Crippen LogP contribution in [-0.4, -0.2) is 76.4 Å². The first-order chi connectivity index (χ1) is 9.25. The zero-order chi connectivity index (χ0) is 13.9. The van der Waals surface area contributed by atoms with Crippen LogP contribution >= 0.6 is 0 Å². The summed E-state index contributed by atoms with van der Waals surface area (Å²) >= 11 is 0. The van der Waals surface area contributed by atoms with Crippen molar-refractivity contribution in [2.24, 2.45) is 0 Å². The van der Waals surface area contributed by atoms with Gasteiger partial charge >= 0.3 is 11.8 Å². The van der Waals surface area contributed by atoms with Gasteiger partial charge in [0, 0.05) is 46.4 Å². The van der Waals surface area contributed by atoms with Gasteiger partial charge in [-0.1, -0.05) is 0 Å². The average Bonchev–Trinajstić information content (AvgIpc) is 2.46. The number of hydrogen-bond acceptors (Lipinski definition) is 5. The van der Waals surface area contributed by atoms with E-state index < -0.39 is 11.8 Å². The van der Waals surface area contributed by atoms with Gasteiger partial charge in [-0.2, -0.15) is 0 Å². The smallest absolute Gasteiger partial charge is 0.311 e. The Morgan fingerprint density at radius 1 is 1.21 bits per heavy atom. The minimum atomic E-state index is -0.529. The summed E-state index contributed by atoms with van der Waals surface area (Å²) in [5.74, 6) is -0.972. The van der Waals surface area contributed by atoms with Gasteiger partial charge in [0.2, 0.25) is 0 Å². The summed E-state index contributed by atoms with van der Waals surface area (Å²) in [5, 5.41) is 5.74. The van der Waals surface area contributed by atoms with Crippen molar-refractivity contribution < 1.29 is 19.1 Å². The highest BCUT2D eigenvalue weighted by Crippen LogP contribution is 1.93. The van der Waals surface area contributed by atoms with Crippen molar-refractivity contribution in [3.8, 4) is 0 Å². The van der Waals surface area contributed by atoms with Crippen molar-refractivity contribution in [2.45, 2.75) is 6.42 Å². The van der Waals surface area contributed by atoms with Crippen molar-refractivity contribution in [1.29, 1.82) is 0 Å². The molecule has 1 aliphatic rings. The van der Waals surface area contributed by atoms with Crippen LogP contribution in [0.4, 0.5) is 0 Å². The average molecular weight is 273 g/mol. The Hall–Kier alpha value is -1.18. The van der Waals surface area contributed by atoms with E-state index in [-0.39, 0.29) is 0 Å². The van der Waals surface area contributed by atoms with Gasteiger partial charge in [0.15, 0.2) is 0 Å². The van der Waals surface area contributed by atoms with Crippen LogP contribution in [0.15, 0.2) is 0 Å². The zero-order valence-electron chi connectivity index (χ0n) is 11.4. The number of methoxy groups -OCH3 is 1. The quantitative estimate of drug-likeness (QED) is 0.440. The van der Waals surface area contributed by atoms with E-state index in [1.807, 2.05) is 0 Å². The number of carbonyl (C=O) groups is 2. The fraction of sp³-hybridized carbons (Fsp3) is 0.833. The first kappa shape index (κ1) is 15.9. The lowest BCUT2D eigenvalue weighted by Gasteiger charge is -2.26. The second-order valence-corrected chi connectivity index (χ2v) is 4.26. The Kier molecular flexibility index (Phi) is 8.11. The SMILES string of the molecule is COCCOCCCNC(=O)C(=O)N1CCNCC1. The normalized spacial score (nSPS) is 15.3. The molecule has 110 valence electrons. The van der Waals surface area contributed by atoms with Gasteiger partial charge in [0.1, 0.15) is 0 Å². The summed E-state index contributed by atoms with van der Waals surface area (Å²) < 4.78 is 10.1. The van der Waals surface area contributed by atoms with Gasteiger partial charge in [-0.25, -0.2) is 0 Å². The predicted octanol–water partition coefficient (Wildman–Crippen LogP) is -1.41. The van der Waals surface area contributed by atoms with Crippen molar-refractivity contribution in [3.63, 3.8) is 0 Å². The van der Waals surface area contributed by atoms with Crippen LogP contribution in [0.1, 0.15) is 6.42 Å². The summed E-state index contributed by atoms with van der Waals surface area (Å²) in [6, 6.07) is 0. The number of piperazine rings is 1. The van der Waals surface area contributed by atoms with E-state index in [4.69, 9.17) is 9.47 Å². The molecule has 7 nitrogen and oxygen atoms in total. The van der Waals surface area contributed by atoms with E-state index in [0.29, 0.717) is 45.9 Å². The molecule has 0 aromatic heterocycles. The highest BCUT2D eigenvalue weighted by molar-refractivity contribution is 6.35. The van der Waals surface area contributed by atoms with Crippen LogP contribution in [0.5, 0.6) is 0 Å². The van der Waals surface area contributed by atoms with Crippen LogP contribution in [0.25, 0.3) is 0 Å². The standard InChI is InChI=1S/C12H23N3O4/c1-18-9-10-19-8-2-3-14-11(16)12(17)15-6-4-13-5-7-15/h13H,2-10H2,1H3,(H,14,16). The largest absolute Gasteiger partial charge is 0.382 e. The minimum absolute atomic E-state index is 0.443. The van der Waals surface area contributed by atoms with Crippen LogP contribution < -0.4 is 10.6 Å².